The van der Waals surface area contributed by atoms with E-state index in [-0.39, 0.29) is 18.8 Å². The predicted molar refractivity (Wildman–Crippen MR) is 123 cm³/mol. The summed E-state index contributed by atoms with van der Waals surface area (Å²) in [4.78, 5) is 35.4. The van der Waals surface area contributed by atoms with E-state index in [1.54, 1.807) is 0 Å². The van der Waals surface area contributed by atoms with Crippen molar-refractivity contribution in [1.82, 2.24) is 0 Å². The highest BCUT2D eigenvalue weighted by Crippen LogP contribution is 2.14. The molecule has 0 saturated heterocycles. The van der Waals surface area contributed by atoms with Crippen molar-refractivity contribution in [1.29, 1.82) is 0 Å². The molecule has 0 spiro atoms. The number of rotatable bonds is 21. The number of carbonyl (C=O) groups is 3. The van der Waals surface area contributed by atoms with E-state index in [1.807, 2.05) is 0 Å². The first-order valence-corrected chi connectivity index (χ1v) is 12.1. The Morgan fingerprint density at radius 2 is 1.32 bits per heavy atom. The summed E-state index contributed by atoms with van der Waals surface area (Å²) in [5.41, 5.74) is 0.294. The minimum absolute atomic E-state index is 0.0834. The first-order chi connectivity index (χ1) is 14.9. The van der Waals surface area contributed by atoms with Crippen LogP contribution in [0, 0.1) is 5.92 Å². The topological polar surface area (TPSA) is 101 Å². The Labute approximate surface area is 188 Å². The third-order valence-electron chi connectivity index (χ3n) is 5.50. The van der Waals surface area contributed by atoms with Gasteiger partial charge in [-0.2, -0.15) is 0 Å². The quantitative estimate of drug-likeness (QED) is 0.104. The van der Waals surface area contributed by atoms with Gasteiger partial charge in [0.1, 0.15) is 12.5 Å². The van der Waals surface area contributed by atoms with E-state index in [9.17, 15) is 19.5 Å². The molecule has 0 amide bonds. The lowest BCUT2D eigenvalue weighted by molar-refractivity contribution is -0.152. The fourth-order valence-corrected chi connectivity index (χ4v) is 3.43. The summed E-state index contributed by atoms with van der Waals surface area (Å²) in [7, 11) is 0. The molecule has 0 aromatic rings. The van der Waals surface area contributed by atoms with Crippen LogP contribution in [0.2, 0.25) is 0 Å². The molecule has 6 nitrogen and oxygen atoms in total. The Hall–Kier alpha value is -1.69. The Morgan fingerprint density at radius 3 is 1.77 bits per heavy atom. The molecule has 0 radical (unpaired) electrons. The molecule has 0 aromatic heterocycles. The van der Waals surface area contributed by atoms with Gasteiger partial charge in [0.25, 0.3) is 0 Å². The molecule has 0 heterocycles. The number of unbranched alkanes of at least 4 members (excludes halogenated alkanes) is 12. The number of aliphatic hydroxyl groups is 1. The van der Waals surface area contributed by atoms with Crippen LogP contribution in [0.1, 0.15) is 110 Å². The number of aliphatic carboxylic acids is 1. The molecule has 180 valence electrons. The van der Waals surface area contributed by atoms with Gasteiger partial charge in [-0.05, 0) is 19.8 Å². The molecule has 0 fully saturated rings. The van der Waals surface area contributed by atoms with E-state index in [0.717, 1.165) is 19.3 Å². The van der Waals surface area contributed by atoms with Crippen LogP contribution in [-0.4, -0.2) is 41.1 Å². The van der Waals surface area contributed by atoms with Crippen molar-refractivity contribution in [2.24, 2.45) is 5.92 Å². The van der Waals surface area contributed by atoms with Gasteiger partial charge in [-0.1, -0.05) is 90.0 Å². The monoisotopic (exact) mass is 440 g/mol. The molecule has 0 aliphatic carbocycles. The Kier molecular flexibility index (Phi) is 19.1. The molecule has 0 saturated carbocycles. The largest absolute Gasteiger partial charge is 0.481 e. The van der Waals surface area contributed by atoms with Crippen molar-refractivity contribution in [2.75, 3.05) is 13.2 Å². The molecule has 0 aliphatic heterocycles. The number of hydrogen-bond acceptors (Lipinski definition) is 5. The fourth-order valence-electron chi connectivity index (χ4n) is 3.43. The lowest BCUT2D eigenvalue weighted by atomic mass is 9.99. The van der Waals surface area contributed by atoms with E-state index in [0.29, 0.717) is 18.4 Å². The number of Topliss-reactive ketones (excluding diaryl/α,β-unsaturated/α-hetero) is 1. The number of ketones is 1. The highest BCUT2D eigenvalue weighted by atomic mass is 16.5. The number of ether oxygens (including phenoxy) is 1. The van der Waals surface area contributed by atoms with Crippen molar-refractivity contribution < 1.29 is 29.3 Å². The van der Waals surface area contributed by atoms with Gasteiger partial charge in [0.2, 0.25) is 0 Å². The predicted octanol–water partition coefficient (Wildman–Crippen LogP) is 5.61. The van der Waals surface area contributed by atoms with E-state index in [1.165, 1.54) is 70.8 Å². The Morgan fingerprint density at radius 1 is 0.839 bits per heavy atom. The van der Waals surface area contributed by atoms with Gasteiger partial charge in [-0.25, -0.2) is 4.79 Å². The molecule has 0 aromatic carbocycles. The van der Waals surface area contributed by atoms with Crippen LogP contribution in [0.15, 0.2) is 11.6 Å². The minimum Gasteiger partial charge on any atom is -0.481 e. The maximum Gasteiger partial charge on any atom is 0.333 e. The van der Waals surface area contributed by atoms with Crippen molar-refractivity contribution >= 4 is 17.7 Å². The average Bonchev–Trinajstić information content (AvgIpc) is 2.74. The molecule has 31 heavy (non-hydrogen) atoms. The maximum atomic E-state index is 12.2. The van der Waals surface area contributed by atoms with Crippen molar-refractivity contribution in [3.05, 3.63) is 11.6 Å². The van der Waals surface area contributed by atoms with Gasteiger partial charge >= 0.3 is 11.9 Å². The van der Waals surface area contributed by atoms with Crippen molar-refractivity contribution in [3.8, 4) is 0 Å². The van der Waals surface area contributed by atoms with Gasteiger partial charge in [-0.15, -0.1) is 0 Å². The standard InChI is InChI=1S/C25H44O6/c1-3-4-5-6-7-8-9-10-11-12-13-14-15-18-23(27)22(24(28)29)20-31-25(30)21(2)17-16-19-26/h17,22,26H,3-16,18-20H2,1-2H3,(H,28,29). The molecule has 2 N–H and O–H groups in total. The third kappa shape index (κ3) is 16.6. The smallest absolute Gasteiger partial charge is 0.333 e. The Bertz CT molecular complexity index is 526. The zero-order valence-corrected chi connectivity index (χ0v) is 19.7. The first kappa shape index (κ1) is 29.3. The summed E-state index contributed by atoms with van der Waals surface area (Å²) >= 11 is 0. The highest BCUT2D eigenvalue weighted by Gasteiger charge is 2.27. The number of esters is 1. The third-order valence-corrected chi connectivity index (χ3v) is 5.50. The number of hydrogen-bond donors (Lipinski definition) is 2. The minimum atomic E-state index is -1.31. The lowest BCUT2D eigenvalue weighted by Gasteiger charge is -2.12. The maximum absolute atomic E-state index is 12.2. The number of carboxylic acids is 1. The fraction of sp³-hybridized carbons (Fsp3) is 0.800. The van der Waals surface area contributed by atoms with Crippen LogP contribution in [0.3, 0.4) is 0 Å². The summed E-state index contributed by atoms with van der Waals surface area (Å²) in [5, 5.41) is 18.0. The van der Waals surface area contributed by atoms with Crippen molar-refractivity contribution in [2.45, 2.75) is 110 Å². The summed E-state index contributed by atoms with van der Waals surface area (Å²) in [6, 6.07) is 0. The van der Waals surface area contributed by atoms with Crippen molar-refractivity contribution in [3.63, 3.8) is 0 Å². The van der Waals surface area contributed by atoms with Crippen LogP contribution in [0.25, 0.3) is 0 Å². The molecule has 0 bridgehead atoms. The van der Waals surface area contributed by atoms with Crippen LogP contribution in [0.5, 0.6) is 0 Å². The van der Waals surface area contributed by atoms with E-state index in [4.69, 9.17) is 9.84 Å². The highest BCUT2D eigenvalue weighted by molar-refractivity contribution is 5.98. The average molecular weight is 441 g/mol. The van der Waals surface area contributed by atoms with Gasteiger partial charge in [-0.3, -0.25) is 9.59 Å². The molecule has 0 rings (SSSR count). The van der Waals surface area contributed by atoms with Crippen LogP contribution < -0.4 is 0 Å². The van der Waals surface area contributed by atoms with Crippen LogP contribution in [-0.2, 0) is 19.1 Å². The van der Waals surface area contributed by atoms with E-state index < -0.39 is 24.5 Å². The second-order valence-electron chi connectivity index (χ2n) is 8.35. The lowest BCUT2D eigenvalue weighted by Crippen LogP contribution is -2.29. The molecule has 0 aliphatic rings. The molecule has 6 heteroatoms. The van der Waals surface area contributed by atoms with Gasteiger partial charge in [0, 0.05) is 18.6 Å². The van der Waals surface area contributed by atoms with E-state index in [2.05, 4.69) is 6.92 Å². The molecular weight excluding hydrogens is 396 g/mol. The summed E-state index contributed by atoms with van der Waals surface area (Å²) in [6.45, 7) is 3.23. The molecular formula is C25H44O6. The second-order valence-corrected chi connectivity index (χ2v) is 8.35. The van der Waals surface area contributed by atoms with Gasteiger partial charge in [0.05, 0.1) is 0 Å². The summed E-state index contributed by atoms with van der Waals surface area (Å²) in [6.07, 6.45) is 17.7. The van der Waals surface area contributed by atoms with Crippen LogP contribution in [0.4, 0.5) is 0 Å². The summed E-state index contributed by atoms with van der Waals surface area (Å²) < 4.78 is 4.97. The number of carboxylic acid groups (broad SMARTS) is 1. The van der Waals surface area contributed by atoms with Gasteiger partial charge < -0.3 is 14.9 Å². The normalized spacial score (nSPS) is 12.5. The zero-order chi connectivity index (χ0) is 23.3. The second kappa shape index (κ2) is 20.2. The number of aliphatic hydroxyl groups excluding tert-OH is 1. The van der Waals surface area contributed by atoms with Gasteiger partial charge in [0.15, 0.2) is 5.78 Å². The molecule has 1 atom stereocenters. The molecule has 1 unspecified atom stereocenters. The summed E-state index contributed by atoms with van der Waals surface area (Å²) in [5.74, 6) is -3.62. The SMILES string of the molecule is CCCCCCCCCCCCCCCC(=O)C(COC(=O)C(C)=CCCO)C(=O)O. The van der Waals surface area contributed by atoms with Crippen LogP contribution >= 0.6 is 0 Å². The first-order valence-electron chi connectivity index (χ1n) is 12.1. The number of carbonyl (C=O) groups excluding carboxylic acids is 2. The van der Waals surface area contributed by atoms with E-state index >= 15 is 0 Å². The zero-order valence-electron chi connectivity index (χ0n) is 19.7. The Balaban J connectivity index is 3.87.